The third kappa shape index (κ3) is 8.01. The quantitative estimate of drug-likeness (QED) is 0.321. The van der Waals surface area contributed by atoms with Crippen molar-refractivity contribution in [3.63, 3.8) is 0 Å². The molecule has 0 spiro atoms. The smallest absolute Gasteiger partial charge is 0.123 e. The van der Waals surface area contributed by atoms with Crippen molar-refractivity contribution in [2.45, 2.75) is 20.8 Å². The van der Waals surface area contributed by atoms with Gasteiger partial charge in [0.1, 0.15) is 5.82 Å². The van der Waals surface area contributed by atoms with Gasteiger partial charge in [0.2, 0.25) is 0 Å². The van der Waals surface area contributed by atoms with E-state index in [0.29, 0.717) is 0 Å². The lowest BCUT2D eigenvalue weighted by molar-refractivity contribution is 0.627. The fraction of sp³-hybridized carbons (Fsp3) is 0.111. The summed E-state index contributed by atoms with van der Waals surface area (Å²) in [5.74, 6) is -0.171. The van der Waals surface area contributed by atoms with E-state index in [1.165, 1.54) is 34.4 Å². The van der Waals surface area contributed by atoms with Crippen molar-refractivity contribution in [3.8, 4) is 11.1 Å². The topological polar surface area (TPSA) is 0 Å². The molecule has 0 saturated carbocycles. The van der Waals surface area contributed by atoms with E-state index in [1.54, 1.807) is 12.1 Å². The van der Waals surface area contributed by atoms with Gasteiger partial charge in [-0.25, -0.2) is 4.39 Å². The Morgan fingerprint density at radius 3 is 1.14 bits per heavy atom. The number of benzene rings is 4. The van der Waals surface area contributed by atoms with Crippen LogP contribution in [0.5, 0.6) is 0 Å². The summed E-state index contributed by atoms with van der Waals surface area (Å²) in [4.78, 5) is 0. The normalized spacial score (nSPS) is 9.43. The fourth-order valence-electron chi connectivity index (χ4n) is 2.44. The van der Waals surface area contributed by atoms with Crippen LogP contribution in [0.3, 0.4) is 0 Å². The maximum Gasteiger partial charge on any atom is 0.123 e. The van der Waals surface area contributed by atoms with Crippen LogP contribution in [0.4, 0.5) is 4.39 Å². The summed E-state index contributed by atoms with van der Waals surface area (Å²) < 4.78 is 12.1. The molecular weight excluding hydrogens is 343 g/mol. The summed E-state index contributed by atoms with van der Waals surface area (Å²) in [6, 6.07) is 35.7. The molecule has 0 heterocycles. The molecule has 4 aromatic carbocycles. The average Bonchev–Trinajstić information content (AvgIpc) is 2.73. The van der Waals surface area contributed by atoms with Crippen molar-refractivity contribution in [3.05, 3.63) is 132 Å². The van der Waals surface area contributed by atoms with Gasteiger partial charge in [0, 0.05) is 0 Å². The van der Waals surface area contributed by atoms with Crippen LogP contribution in [-0.4, -0.2) is 0 Å². The van der Waals surface area contributed by atoms with Gasteiger partial charge < -0.3 is 0 Å². The zero-order valence-corrected chi connectivity index (χ0v) is 16.8. The first kappa shape index (κ1) is 21.1. The van der Waals surface area contributed by atoms with Crippen LogP contribution < -0.4 is 0 Å². The summed E-state index contributed by atoms with van der Waals surface area (Å²) in [7, 11) is 0. The third-order valence-electron chi connectivity index (χ3n) is 4.11. The highest BCUT2D eigenvalue weighted by Crippen LogP contribution is 2.18. The number of rotatable bonds is 1. The Kier molecular flexibility index (Phi) is 8.68. The molecule has 0 saturated heterocycles. The van der Waals surface area contributed by atoms with E-state index in [4.69, 9.17) is 0 Å². The summed E-state index contributed by atoms with van der Waals surface area (Å²) in [5.41, 5.74) is 6.28. The van der Waals surface area contributed by atoms with Crippen LogP contribution in [-0.2, 0) is 0 Å². The van der Waals surface area contributed by atoms with Crippen LogP contribution in [0.2, 0.25) is 0 Å². The van der Waals surface area contributed by atoms with Gasteiger partial charge in [-0.2, -0.15) is 0 Å². The average molecular weight is 371 g/mol. The summed E-state index contributed by atoms with van der Waals surface area (Å²) in [6.07, 6.45) is 0. The zero-order chi connectivity index (χ0) is 20.2. The lowest BCUT2D eigenvalue weighted by atomic mass is 10.0. The highest BCUT2D eigenvalue weighted by molar-refractivity contribution is 5.63. The largest absolute Gasteiger partial charge is 0.207 e. The van der Waals surface area contributed by atoms with E-state index in [9.17, 15) is 4.39 Å². The highest BCUT2D eigenvalue weighted by Gasteiger charge is 1.93. The molecule has 1 heteroatoms. The maximum absolute atomic E-state index is 12.1. The second kappa shape index (κ2) is 11.5. The van der Waals surface area contributed by atoms with E-state index in [-0.39, 0.29) is 5.82 Å². The molecular formula is C27H27F. The molecule has 4 rings (SSSR count). The molecule has 142 valence electrons. The van der Waals surface area contributed by atoms with Gasteiger partial charge >= 0.3 is 0 Å². The van der Waals surface area contributed by atoms with Crippen molar-refractivity contribution >= 4 is 0 Å². The van der Waals surface area contributed by atoms with Crippen LogP contribution in [0.1, 0.15) is 16.7 Å². The number of hydrogen-bond acceptors (Lipinski definition) is 0. The third-order valence-corrected chi connectivity index (χ3v) is 4.11. The van der Waals surface area contributed by atoms with Crippen molar-refractivity contribution in [2.75, 3.05) is 0 Å². The van der Waals surface area contributed by atoms with Crippen LogP contribution in [0.25, 0.3) is 11.1 Å². The number of hydrogen-bond donors (Lipinski definition) is 0. The first-order valence-corrected chi connectivity index (χ1v) is 9.40. The Balaban J connectivity index is 0.000000161. The minimum atomic E-state index is -0.171. The van der Waals surface area contributed by atoms with Crippen molar-refractivity contribution in [1.29, 1.82) is 0 Å². The summed E-state index contributed by atoms with van der Waals surface area (Å²) >= 11 is 0. The van der Waals surface area contributed by atoms with Crippen LogP contribution in [0, 0.1) is 26.6 Å². The number of aryl methyl sites for hydroxylation is 3. The van der Waals surface area contributed by atoms with Crippen LogP contribution in [0.15, 0.2) is 109 Å². The lowest BCUT2D eigenvalue weighted by Crippen LogP contribution is -1.76. The standard InChI is InChI=1S/C13H12.C7H7F.C7H8/c1-11-7-9-13(10-8-11)12-5-3-2-4-6-12;1-6-2-4-7(8)5-3-6;1-7-5-3-2-4-6-7/h2-10H,1H3;2-5H,1H3;2-6H,1H3. The van der Waals surface area contributed by atoms with E-state index in [2.05, 4.69) is 74.5 Å². The number of halogens is 1. The molecule has 28 heavy (non-hydrogen) atoms. The molecule has 4 aromatic rings. The van der Waals surface area contributed by atoms with Crippen molar-refractivity contribution in [1.82, 2.24) is 0 Å². The van der Waals surface area contributed by atoms with Crippen molar-refractivity contribution < 1.29 is 4.39 Å². The molecule has 0 aromatic heterocycles. The maximum atomic E-state index is 12.1. The minimum absolute atomic E-state index is 0.171. The predicted molar refractivity (Wildman–Crippen MR) is 119 cm³/mol. The molecule has 0 radical (unpaired) electrons. The van der Waals surface area contributed by atoms with Gasteiger partial charge in [0.25, 0.3) is 0 Å². The molecule has 0 aliphatic carbocycles. The molecule has 0 aliphatic rings. The second-order valence-corrected chi connectivity index (χ2v) is 6.68. The Labute approximate surface area is 168 Å². The van der Waals surface area contributed by atoms with E-state index in [1.807, 2.05) is 31.2 Å². The molecule has 0 aliphatic heterocycles. The van der Waals surface area contributed by atoms with Crippen molar-refractivity contribution in [2.24, 2.45) is 0 Å². The zero-order valence-electron chi connectivity index (χ0n) is 16.8. The molecule has 0 fully saturated rings. The minimum Gasteiger partial charge on any atom is -0.207 e. The first-order valence-electron chi connectivity index (χ1n) is 9.40. The second-order valence-electron chi connectivity index (χ2n) is 6.68. The van der Waals surface area contributed by atoms with E-state index < -0.39 is 0 Å². The molecule has 0 amide bonds. The van der Waals surface area contributed by atoms with Crippen LogP contribution >= 0.6 is 0 Å². The van der Waals surface area contributed by atoms with Gasteiger partial charge in [-0.3, -0.25) is 0 Å². The highest BCUT2D eigenvalue weighted by atomic mass is 19.1. The Morgan fingerprint density at radius 1 is 0.393 bits per heavy atom. The SMILES string of the molecule is Cc1ccc(-c2ccccc2)cc1.Cc1ccc(F)cc1.Cc1ccccc1. The van der Waals surface area contributed by atoms with Gasteiger partial charge in [0.15, 0.2) is 0 Å². The monoisotopic (exact) mass is 370 g/mol. The molecule has 0 bridgehead atoms. The molecule has 0 N–H and O–H groups in total. The molecule has 0 nitrogen and oxygen atoms in total. The Morgan fingerprint density at radius 2 is 0.750 bits per heavy atom. The van der Waals surface area contributed by atoms with Gasteiger partial charge in [-0.1, -0.05) is 114 Å². The van der Waals surface area contributed by atoms with Gasteiger partial charge in [-0.05, 0) is 44.0 Å². The summed E-state index contributed by atoms with van der Waals surface area (Å²) in [5, 5.41) is 0. The van der Waals surface area contributed by atoms with E-state index in [0.717, 1.165) is 5.56 Å². The van der Waals surface area contributed by atoms with E-state index >= 15 is 0 Å². The Bertz CT molecular complexity index is 888. The Hall–Kier alpha value is -3.19. The molecule has 0 unspecified atom stereocenters. The molecule has 0 atom stereocenters. The van der Waals surface area contributed by atoms with Gasteiger partial charge in [0.05, 0.1) is 0 Å². The van der Waals surface area contributed by atoms with Gasteiger partial charge in [-0.15, -0.1) is 0 Å². The fourth-order valence-corrected chi connectivity index (χ4v) is 2.44. The summed E-state index contributed by atoms with van der Waals surface area (Å²) in [6.45, 7) is 6.12. The lowest BCUT2D eigenvalue weighted by Gasteiger charge is -2.00. The predicted octanol–water partition coefficient (Wildman–Crippen LogP) is 7.79. The first-order chi connectivity index (χ1) is 13.5.